The van der Waals surface area contributed by atoms with Crippen LogP contribution in [0.3, 0.4) is 0 Å². The van der Waals surface area contributed by atoms with Gasteiger partial charge in [0.15, 0.2) is 0 Å². The van der Waals surface area contributed by atoms with Crippen LogP contribution < -0.4 is 10.6 Å². The van der Waals surface area contributed by atoms with Gasteiger partial charge in [-0.1, -0.05) is 36.4 Å². The Morgan fingerprint density at radius 2 is 1.68 bits per heavy atom. The minimum absolute atomic E-state index is 0.00436. The quantitative estimate of drug-likeness (QED) is 0.768. The summed E-state index contributed by atoms with van der Waals surface area (Å²) < 4.78 is 0. The Morgan fingerprint density at radius 1 is 1.00 bits per heavy atom. The van der Waals surface area contributed by atoms with Crippen molar-refractivity contribution in [3.63, 3.8) is 0 Å². The third-order valence-electron chi connectivity index (χ3n) is 3.45. The Labute approximate surface area is 132 Å². The predicted octanol–water partition coefficient (Wildman–Crippen LogP) is 3.46. The molecule has 1 amide bonds. The molecule has 0 aliphatic carbocycles. The minimum atomic E-state index is 0.00436. The molecule has 116 valence electrons. The van der Waals surface area contributed by atoms with Gasteiger partial charge in [-0.15, -0.1) is 0 Å². The van der Waals surface area contributed by atoms with Crippen molar-refractivity contribution in [2.45, 2.75) is 26.7 Å². The Kier molecular flexibility index (Phi) is 6.16. The van der Waals surface area contributed by atoms with Crippen molar-refractivity contribution in [3.05, 3.63) is 65.2 Å². The smallest absolute Gasteiger partial charge is 0.238 e. The highest BCUT2D eigenvalue weighted by atomic mass is 16.1. The molecule has 2 rings (SSSR count). The van der Waals surface area contributed by atoms with Crippen LogP contribution in [0.4, 0.5) is 5.69 Å². The zero-order valence-corrected chi connectivity index (χ0v) is 13.4. The van der Waals surface area contributed by atoms with Gasteiger partial charge < -0.3 is 10.6 Å². The van der Waals surface area contributed by atoms with Crippen LogP contribution >= 0.6 is 0 Å². The molecule has 0 bridgehead atoms. The molecule has 0 aromatic heterocycles. The first-order valence-electron chi connectivity index (χ1n) is 7.76. The molecule has 22 heavy (non-hydrogen) atoms. The first kappa shape index (κ1) is 16.2. The van der Waals surface area contributed by atoms with Gasteiger partial charge in [0.05, 0.1) is 6.54 Å². The maximum atomic E-state index is 11.9. The Balaban J connectivity index is 1.65. The summed E-state index contributed by atoms with van der Waals surface area (Å²) >= 11 is 0. The first-order chi connectivity index (χ1) is 10.6. The summed E-state index contributed by atoms with van der Waals surface area (Å²) in [6.07, 6.45) is 2.06. The molecule has 0 aliphatic rings. The van der Waals surface area contributed by atoms with Gasteiger partial charge in [0, 0.05) is 5.69 Å². The van der Waals surface area contributed by atoms with Crippen molar-refractivity contribution >= 4 is 11.6 Å². The Morgan fingerprint density at radius 3 is 2.36 bits per heavy atom. The van der Waals surface area contributed by atoms with E-state index >= 15 is 0 Å². The number of nitrogens with one attached hydrogen (secondary N) is 2. The molecule has 0 saturated carbocycles. The maximum Gasteiger partial charge on any atom is 0.238 e. The second kappa shape index (κ2) is 8.35. The SMILES string of the molecule is Cc1cc(C)cc(NC(=O)CNCCCc2ccccc2)c1. The van der Waals surface area contributed by atoms with Gasteiger partial charge in [0.25, 0.3) is 0 Å². The Hall–Kier alpha value is -2.13. The molecular weight excluding hydrogens is 272 g/mol. The molecule has 3 heteroatoms. The summed E-state index contributed by atoms with van der Waals surface area (Å²) in [5, 5.41) is 6.12. The van der Waals surface area contributed by atoms with Crippen LogP contribution in [0.25, 0.3) is 0 Å². The lowest BCUT2D eigenvalue weighted by atomic mass is 10.1. The van der Waals surface area contributed by atoms with Crippen LogP contribution in [-0.2, 0) is 11.2 Å². The molecule has 0 saturated heterocycles. The van der Waals surface area contributed by atoms with Crippen molar-refractivity contribution in [1.82, 2.24) is 5.32 Å². The van der Waals surface area contributed by atoms with Crippen LogP contribution in [0.5, 0.6) is 0 Å². The molecule has 2 aromatic rings. The third kappa shape index (κ3) is 5.70. The van der Waals surface area contributed by atoms with E-state index in [2.05, 4.69) is 41.0 Å². The number of amides is 1. The lowest BCUT2D eigenvalue weighted by Crippen LogP contribution is -2.29. The summed E-state index contributed by atoms with van der Waals surface area (Å²) in [5.74, 6) is 0.00436. The van der Waals surface area contributed by atoms with Gasteiger partial charge in [-0.2, -0.15) is 0 Å². The molecule has 3 nitrogen and oxygen atoms in total. The zero-order valence-electron chi connectivity index (χ0n) is 13.4. The van der Waals surface area contributed by atoms with E-state index in [9.17, 15) is 4.79 Å². The van der Waals surface area contributed by atoms with Gasteiger partial charge in [-0.3, -0.25) is 4.79 Å². The van der Waals surface area contributed by atoms with Gasteiger partial charge >= 0.3 is 0 Å². The van der Waals surface area contributed by atoms with Gasteiger partial charge in [-0.05, 0) is 62.1 Å². The normalized spacial score (nSPS) is 10.5. The largest absolute Gasteiger partial charge is 0.325 e. The lowest BCUT2D eigenvalue weighted by Gasteiger charge is -2.08. The van der Waals surface area contributed by atoms with Crippen molar-refractivity contribution < 1.29 is 4.79 Å². The van der Waals surface area contributed by atoms with Gasteiger partial charge in [-0.25, -0.2) is 0 Å². The number of aryl methyl sites for hydroxylation is 3. The summed E-state index contributed by atoms with van der Waals surface area (Å²) in [5.41, 5.74) is 4.52. The molecule has 0 aliphatic heterocycles. The fourth-order valence-electron chi connectivity index (χ4n) is 2.52. The highest BCUT2D eigenvalue weighted by Gasteiger charge is 2.02. The fourth-order valence-corrected chi connectivity index (χ4v) is 2.52. The second-order valence-electron chi connectivity index (χ2n) is 5.69. The third-order valence-corrected chi connectivity index (χ3v) is 3.45. The standard InChI is InChI=1S/C19H24N2O/c1-15-11-16(2)13-18(12-15)21-19(22)14-20-10-6-9-17-7-4-3-5-8-17/h3-5,7-8,11-13,20H,6,9-10,14H2,1-2H3,(H,21,22). The van der Waals surface area contributed by atoms with E-state index < -0.39 is 0 Å². The summed E-state index contributed by atoms with van der Waals surface area (Å²) in [7, 11) is 0. The fraction of sp³-hybridized carbons (Fsp3) is 0.316. The zero-order chi connectivity index (χ0) is 15.8. The topological polar surface area (TPSA) is 41.1 Å². The van der Waals surface area contributed by atoms with E-state index in [0.29, 0.717) is 6.54 Å². The average Bonchev–Trinajstić information content (AvgIpc) is 2.47. The van der Waals surface area contributed by atoms with E-state index in [1.165, 1.54) is 5.56 Å². The van der Waals surface area contributed by atoms with Crippen LogP contribution in [0, 0.1) is 13.8 Å². The van der Waals surface area contributed by atoms with Crippen molar-refractivity contribution in [2.75, 3.05) is 18.4 Å². The maximum absolute atomic E-state index is 11.9. The number of carbonyl (C=O) groups is 1. The number of rotatable bonds is 7. The van der Waals surface area contributed by atoms with E-state index in [0.717, 1.165) is 36.2 Å². The number of carbonyl (C=O) groups excluding carboxylic acids is 1. The molecular formula is C19H24N2O. The Bertz CT molecular complexity index is 588. The van der Waals surface area contributed by atoms with E-state index in [4.69, 9.17) is 0 Å². The van der Waals surface area contributed by atoms with E-state index in [1.54, 1.807) is 0 Å². The lowest BCUT2D eigenvalue weighted by molar-refractivity contribution is -0.115. The number of benzene rings is 2. The van der Waals surface area contributed by atoms with Crippen molar-refractivity contribution in [1.29, 1.82) is 0 Å². The highest BCUT2D eigenvalue weighted by Crippen LogP contribution is 2.13. The molecule has 0 fully saturated rings. The molecule has 0 atom stereocenters. The highest BCUT2D eigenvalue weighted by molar-refractivity contribution is 5.92. The summed E-state index contributed by atoms with van der Waals surface area (Å²) in [6, 6.07) is 16.5. The average molecular weight is 296 g/mol. The van der Waals surface area contributed by atoms with Crippen molar-refractivity contribution in [2.24, 2.45) is 0 Å². The first-order valence-corrected chi connectivity index (χ1v) is 7.76. The molecule has 0 heterocycles. The molecule has 0 radical (unpaired) electrons. The number of hydrogen-bond acceptors (Lipinski definition) is 2. The molecule has 2 N–H and O–H groups in total. The predicted molar refractivity (Wildman–Crippen MR) is 92.2 cm³/mol. The van der Waals surface area contributed by atoms with Crippen LogP contribution in [0.1, 0.15) is 23.1 Å². The van der Waals surface area contributed by atoms with Crippen molar-refractivity contribution in [3.8, 4) is 0 Å². The molecule has 0 spiro atoms. The molecule has 0 unspecified atom stereocenters. The van der Waals surface area contributed by atoms with Crippen LogP contribution in [-0.4, -0.2) is 19.0 Å². The second-order valence-corrected chi connectivity index (χ2v) is 5.69. The number of anilines is 1. The van der Waals surface area contributed by atoms with Crippen LogP contribution in [0.2, 0.25) is 0 Å². The minimum Gasteiger partial charge on any atom is -0.325 e. The monoisotopic (exact) mass is 296 g/mol. The number of hydrogen-bond donors (Lipinski definition) is 2. The van der Waals surface area contributed by atoms with E-state index in [-0.39, 0.29) is 5.91 Å². The van der Waals surface area contributed by atoms with Crippen LogP contribution in [0.15, 0.2) is 48.5 Å². The van der Waals surface area contributed by atoms with Gasteiger partial charge in [0.2, 0.25) is 5.91 Å². The summed E-state index contributed by atoms with van der Waals surface area (Å²) in [6.45, 7) is 5.26. The van der Waals surface area contributed by atoms with E-state index in [1.807, 2.05) is 32.0 Å². The molecule has 2 aromatic carbocycles. The van der Waals surface area contributed by atoms with Gasteiger partial charge in [0.1, 0.15) is 0 Å². The summed E-state index contributed by atoms with van der Waals surface area (Å²) in [4.78, 5) is 11.9.